The zero-order valence-electron chi connectivity index (χ0n) is 10.6. The Kier molecular flexibility index (Phi) is 5.09. The van der Waals surface area contributed by atoms with E-state index in [1.54, 1.807) is 7.11 Å². The highest BCUT2D eigenvalue weighted by Crippen LogP contribution is 2.39. The molecule has 0 bridgehead atoms. The van der Waals surface area contributed by atoms with Crippen LogP contribution in [0.4, 0.5) is 0 Å². The monoisotopic (exact) mass is 446 g/mol. The number of hydrogen-bond donors (Lipinski definition) is 0. The summed E-state index contributed by atoms with van der Waals surface area (Å²) in [7, 11) is 1.69. The van der Waals surface area contributed by atoms with Crippen LogP contribution in [-0.4, -0.2) is 7.11 Å². The largest absolute Gasteiger partial charge is 0.496 e. The van der Waals surface area contributed by atoms with Gasteiger partial charge in [-0.1, -0.05) is 59.9 Å². The van der Waals surface area contributed by atoms with Gasteiger partial charge in [-0.25, -0.2) is 0 Å². The molecule has 0 saturated heterocycles. The van der Waals surface area contributed by atoms with E-state index in [9.17, 15) is 0 Å². The molecule has 1 nitrogen and oxygen atoms in total. The third-order valence-electron chi connectivity index (χ3n) is 2.95. The van der Waals surface area contributed by atoms with Crippen LogP contribution in [0.1, 0.15) is 21.5 Å². The first-order valence-electron chi connectivity index (χ1n) is 5.76. The summed E-state index contributed by atoms with van der Waals surface area (Å²) in [5.74, 6) is 0.877. The van der Waals surface area contributed by atoms with Crippen LogP contribution < -0.4 is 4.74 Å². The van der Waals surface area contributed by atoms with Crippen LogP contribution in [0.2, 0.25) is 0 Å². The van der Waals surface area contributed by atoms with E-state index in [4.69, 9.17) is 4.74 Å². The van der Waals surface area contributed by atoms with Gasteiger partial charge < -0.3 is 4.74 Å². The SMILES string of the molecule is COc1ccc(Br)cc1C(Br)c1ccc(C)c(Br)c1. The van der Waals surface area contributed by atoms with Crippen molar-refractivity contribution in [3.05, 3.63) is 62.0 Å². The lowest BCUT2D eigenvalue weighted by atomic mass is 10.0. The molecule has 0 aliphatic rings. The zero-order valence-corrected chi connectivity index (χ0v) is 15.3. The molecule has 2 aromatic carbocycles. The molecule has 0 spiro atoms. The van der Waals surface area contributed by atoms with E-state index >= 15 is 0 Å². The summed E-state index contributed by atoms with van der Waals surface area (Å²) < 4.78 is 7.59. The molecule has 100 valence electrons. The van der Waals surface area contributed by atoms with Gasteiger partial charge in [0.05, 0.1) is 11.9 Å². The summed E-state index contributed by atoms with van der Waals surface area (Å²) in [6.45, 7) is 2.08. The molecule has 4 heteroatoms. The minimum absolute atomic E-state index is 0.0943. The van der Waals surface area contributed by atoms with Crippen molar-refractivity contribution in [3.8, 4) is 5.75 Å². The van der Waals surface area contributed by atoms with Crippen molar-refractivity contribution in [2.45, 2.75) is 11.8 Å². The molecule has 19 heavy (non-hydrogen) atoms. The van der Waals surface area contributed by atoms with Gasteiger partial charge in [-0.15, -0.1) is 0 Å². The van der Waals surface area contributed by atoms with E-state index in [2.05, 4.69) is 79.0 Å². The molecule has 1 atom stereocenters. The molecule has 0 amide bonds. The zero-order chi connectivity index (χ0) is 14.0. The molecular weight excluding hydrogens is 436 g/mol. The van der Waals surface area contributed by atoms with E-state index in [1.807, 2.05) is 12.1 Å². The van der Waals surface area contributed by atoms with Crippen molar-refractivity contribution >= 4 is 47.8 Å². The maximum atomic E-state index is 5.43. The number of benzene rings is 2. The molecule has 0 aliphatic carbocycles. The van der Waals surface area contributed by atoms with Gasteiger partial charge in [-0.05, 0) is 42.3 Å². The molecule has 0 N–H and O–H groups in total. The van der Waals surface area contributed by atoms with Gasteiger partial charge >= 0.3 is 0 Å². The number of methoxy groups -OCH3 is 1. The van der Waals surface area contributed by atoms with Gasteiger partial charge in [0.15, 0.2) is 0 Å². The Hall–Kier alpha value is -0.320. The van der Waals surface area contributed by atoms with Crippen LogP contribution in [0.3, 0.4) is 0 Å². The summed E-state index contributed by atoms with van der Waals surface area (Å²) in [5.41, 5.74) is 3.52. The van der Waals surface area contributed by atoms with E-state index < -0.39 is 0 Å². The Balaban J connectivity index is 2.45. The second kappa shape index (κ2) is 6.42. The van der Waals surface area contributed by atoms with Crippen LogP contribution in [0, 0.1) is 6.92 Å². The Morgan fingerprint density at radius 2 is 1.79 bits per heavy atom. The fraction of sp³-hybridized carbons (Fsp3) is 0.200. The van der Waals surface area contributed by atoms with Crippen LogP contribution in [0.15, 0.2) is 45.3 Å². The molecule has 0 radical (unpaired) electrons. The fourth-order valence-electron chi connectivity index (χ4n) is 1.85. The summed E-state index contributed by atoms with van der Waals surface area (Å²) in [5, 5.41) is 0. The third kappa shape index (κ3) is 3.41. The summed E-state index contributed by atoms with van der Waals surface area (Å²) in [4.78, 5) is 0.0943. The van der Waals surface area contributed by atoms with Crippen molar-refractivity contribution in [3.63, 3.8) is 0 Å². The first kappa shape index (κ1) is 15.1. The van der Waals surface area contributed by atoms with Crippen molar-refractivity contribution in [2.75, 3.05) is 7.11 Å². The fourth-order valence-corrected chi connectivity index (χ4v) is 3.27. The van der Waals surface area contributed by atoms with Crippen LogP contribution in [0.25, 0.3) is 0 Å². The van der Waals surface area contributed by atoms with Gasteiger partial charge in [-0.3, -0.25) is 0 Å². The Bertz CT molecular complexity index is 596. The lowest BCUT2D eigenvalue weighted by molar-refractivity contribution is 0.410. The van der Waals surface area contributed by atoms with Crippen molar-refractivity contribution in [2.24, 2.45) is 0 Å². The maximum absolute atomic E-state index is 5.43. The first-order valence-corrected chi connectivity index (χ1v) is 8.26. The minimum Gasteiger partial charge on any atom is -0.496 e. The number of hydrogen-bond acceptors (Lipinski definition) is 1. The number of aryl methyl sites for hydroxylation is 1. The van der Waals surface area contributed by atoms with Gasteiger partial charge in [0.1, 0.15) is 5.75 Å². The van der Waals surface area contributed by atoms with Gasteiger partial charge in [0, 0.05) is 14.5 Å². The first-order chi connectivity index (χ1) is 9.02. The molecular formula is C15H13Br3O. The van der Waals surface area contributed by atoms with Crippen molar-refractivity contribution in [1.29, 1.82) is 0 Å². The normalized spacial score (nSPS) is 12.3. The quantitative estimate of drug-likeness (QED) is 0.522. The number of alkyl halides is 1. The molecule has 0 aromatic heterocycles. The Morgan fingerprint density at radius 3 is 2.42 bits per heavy atom. The molecule has 0 aliphatic heterocycles. The van der Waals surface area contributed by atoms with Gasteiger partial charge in [-0.2, -0.15) is 0 Å². The molecule has 1 unspecified atom stereocenters. The van der Waals surface area contributed by atoms with Crippen LogP contribution >= 0.6 is 47.8 Å². The Morgan fingerprint density at radius 1 is 1.05 bits per heavy atom. The molecule has 2 rings (SSSR count). The second-order valence-corrected chi connectivity index (χ2v) is 6.94. The predicted octanol–water partition coefficient (Wildman–Crippen LogP) is 6.01. The summed E-state index contributed by atoms with van der Waals surface area (Å²) >= 11 is 10.8. The smallest absolute Gasteiger partial charge is 0.123 e. The topological polar surface area (TPSA) is 9.23 Å². The Labute approximate surface area is 138 Å². The third-order valence-corrected chi connectivity index (χ3v) is 5.32. The highest BCUT2D eigenvalue weighted by molar-refractivity contribution is 9.11. The second-order valence-electron chi connectivity index (χ2n) is 4.26. The molecule has 0 heterocycles. The average molecular weight is 449 g/mol. The lowest BCUT2D eigenvalue weighted by Crippen LogP contribution is -1.97. The molecule has 2 aromatic rings. The van der Waals surface area contributed by atoms with Gasteiger partial charge in [0.2, 0.25) is 0 Å². The summed E-state index contributed by atoms with van der Waals surface area (Å²) in [6, 6.07) is 12.4. The standard InChI is InChI=1S/C15H13Br3O/c1-9-3-4-10(7-13(9)17)15(18)12-8-11(16)5-6-14(12)19-2/h3-8,15H,1-2H3. The predicted molar refractivity (Wildman–Crippen MR) is 90.3 cm³/mol. The summed E-state index contributed by atoms with van der Waals surface area (Å²) in [6.07, 6.45) is 0. The lowest BCUT2D eigenvalue weighted by Gasteiger charge is -2.16. The van der Waals surface area contributed by atoms with E-state index in [-0.39, 0.29) is 4.83 Å². The van der Waals surface area contributed by atoms with Crippen LogP contribution in [0.5, 0.6) is 5.75 Å². The van der Waals surface area contributed by atoms with E-state index in [1.165, 1.54) is 11.1 Å². The minimum atomic E-state index is 0.0943. The number of ether oxygens (including phenoxy) is 1. The highest BCUT2D eigenvalue weighted by Gasteiger charge is 2.16. The molecule has 0 saturated carbocycles. The maximum Gasteiger partial charge on any atom is 0.123 e. The average Bonchev–Trinajstić information content (AvgIpc) is 2.41. The van der Waals surface area contributed by atoms with Gasteiger partial charge in [0.25, 0.3) is 0 Å². The van der Waals surface area contributed by atoms with E-state index in [0.717, 1.165) is 20.3 Å². The number of halogens is 3. The van der Waals surface area contributed by atoms with Crippen molar-refractivity contribution < 1.29 is 4.74 Å². The van der Waals surface area contributed by atoms with Crippen molar-refractivity contribution in [1.82, 2.24) is 0 Å². The van der Waals surface area contributed by atoms with Crippen LogP contribution in [-0.2, 0) is 0 Å². The van der Waals surface area contributed by atoms with E-state index in [0.29, 0.717) is 0 Å². The number of rotatable bonds is 3. The highest BCUT2D eigenvalue weighted by atomic mass is 79.9. The molecule has 0 fully saturated rings.